The fourth-order valence-corrected chi connectivity index (χ4v) is 2.82. The minimum Gasteiger partial charge on any atom is -0.492 e. The monoisotopic (exact) mass is 291 g/mol. The molecule has 102 valence electrons. The van der Waals surface area contributed by atoms with Crippen LogP contribution in [0.2, 0.25) is 5.02 Å². The maximum atomic E-state index is 11.2. The van der Waals surface area contributed by atoms with E-state index < -0.39 is 9.84 Å². The summed E-state index contributed by atoms with van der Waals surface area (Å²) >= 11 is 5.92. The molecule has 0 fully saturated rings. The van der Waals surface area contributed by atoms with Gasteiger partial charge in [0.05, 0.1) is 18.0 Å². The summed E-state index contributed by atoms with van der Waals surface area (Å²) in [5.74, 6) is 0.729. The molecule has 0 aliphatic carbocycles. The van der Waals surface area contributed by atoms with Gasteiger partial charge in [0.15, 0.2) is 0 Å². The molecule has 1 rings (SSSR count). The average Bonchev–Trinajstić information content (AvgIpc) is 2.19. The summed E-state index contributed by atoms with van der Waals surface area (Å²) in [5.41, 5.74) is 0.709. The number of rotatable bonds is 6. The highest BCUT2D eigenvalue weighted by Crippen LogP contribution is 2.28. The van der Waals surface area contributed by atoms with Crippen LogP contribution in [0, 0.1) is 0 Å². The predicted molar refractivity (Wildman–Crippen MR) is 75.4 cm³/mol. The van der Waals surface area contributed by atoms with Crippen molar-refractivity contribution < 1.29 is 13.2 Å². The second-order valence-electron chi connectivity index (χ2n) is 4.21. The zero-order valence-corrected chi connectivity index (χ0v) is 12.3. The van der Waals surface area contributed by atoms with E-state index in [1.165, 1.54) is 6.26 Å². The standard InChI is InChI=1S/C12H18ClNO3S/c1-4-17-12-6-5-10(13)7-11(12)14-9(2)8-18(3,15)16/h5-7,9,14H,4,8H2,1-3H3. The van der Waals surface area contributed by atoms with Gasteiger partial charge < -0.3 is 10.1 Å². The normalized spacial score (nSPS) is 13.1. The molecule has 6 heteroatoms. The van der Waals surface area contributed by atoms with Crippen LogP contribution in [-0.4, -0.2) is 33.1 Å². The van der Waals surface area contributed by atoms with E-state index in [0.717, 1.165) is 0 Å². The molecule has 1 atom stereocenters. The lowest BCUT2D eigenvalue weighted by Crippen LogP contribution is -2.25. The highest BCUT2D eigenvalue weighted by Gasteiger charge is 2.13. The van der Waals surface area contributed by atoms with Gasteiger partial charge in [-0.25, -0.2) is 8.42 Å². The lowest BCUT2D eigenvalue weighted by molar-refractivity contribution is 0.341. The molecule has 0 aliphatic heterocycles. The lowest BCUT2D eigenvalue weighted by Gasteiger charge is -2.17. The Kier molecular flexibility index (Phi) is 5.28. The van der Waals surface area contributed by atoms with Gasteiger partial charge in [0, 0.05) is 17.3 Å². The largest absolute Gasteiger partial charge is 0.492 e. The first-order valence-corrected chi connectivity index (χ1v) is 8.12. The van der Waals surface area contributed by atoms with E-state index in [-0.39, 0.29) is 11.8 Å². The summed E-state index contributed by atoms with van der Waals surface area (Å²) in [6, 6.07) is 5.02. The second kappa shape index (κ2) is 6.29. The van der Waals surface area contributed by atoms with Crippen LogP contribution < -0.4 is 10.1 Å². The van der Waals surface area contributed by atoms with E-state index in [2.05, 4.69) is 5.32 Å². The zero-order valence-electron chi connectivity index (χ0n) is 10.7. The van der Waals surface area contributed by atoms with Crippen LogP contribution in [0.1, 0.15) is 13.8 Å². The summed E-state index contributed by atoms with van der Waals surface area (Å²) in [6.07, 6.45) is 1.21. The number of benzene rings is 1. The second-order valence-corrected chi connectivity index (χ2v) is 6.83. The SMILES string of the molecule is CCOc1ccc(Cl)cc1NC(C)CS(C)(=O)=O. The first-order chi connectivity index (χ1) is 8.31. The average molecular weight is 292 g/mol. The van der Waals surface area contributed by atoms with E-state index in [9.17, 15) is 8.42 Å². The molecule has 18 heavy (non-hydrogen) atoms. The third-order valence-corrected chi connectivity index (χ3v) is 3.54. The molecule has 0 amide bonds. The van der Waals surface area contributed by atoms with Crippen LogP contribution in [0.5, 0.6) is 5.75 Å². The van der Waals surface area contributed by atoms with Gasteiger partial charge in [-0.15, -0.1) is 0 Å². The van der Waals surface area contributed by atoms with Crippen LogP contribution in [0.25, 0.3) is 0 Å². The Balaban J connectivity index is 2.85. The fourth-order valence-electron chi connectivity index (χ4n) is 1.66. The zero-order chi connectivity index (χ0) is 13.8. The molecular weight excluding hydrogens is 274 g/mol. The van der Waals surface area contributed by atoms with Crippen molar-refractivity contribution in [2.45, 2.75) is 19.9 Å². The summed E-state index contributed by atoms with van der Waals surface area (Å²) in [4.78, 5) is 0. The number of halogens is 1. The van der Waals surface area contributed by atoms with Gasteiger partial charge in [-0.3, -0.25) is 0 Å². The first kappa shape index (κ1) is 15.1. The number of ether oxygens (including phenoxy) is 1. The molecule has 0 radical (unpaired) electrons. The van der Waals surface area contributed by atoms with Crippen molar-refractivity contribution in [1.82, 2.24) is 0 Å². The van der Waals surface area contributed by atoms with Crippen LogP contribution in [-0.2, 0) is 9.84 Å². The number of sulfone groups is 1. The van der Waals surface area contributed by atoms with Gasteiger partial charge in [0.25, 0.3) is 0 Å². The van der Waals surface area contributed by atoms with Crippen molar-refractivity contribution in [2.75, 3.05) is 23.9 Å². The van der Waals surface area contributed by atoms with Crippen LogP contribution in [0.15, 0.2) is 18.2 Å². The summed E-state index contributed by atoms with van der Waals surface area (Å²) in [6.45, 7) is 4.23. The summed E-state index contributed by atoms with van der Waals surface area (Å²) < 4.78 is 27.9. The molecule has 0 bridgehead atoms. The van der Waals surface area contributed by atoms with E-state index in [1.807, 2.05) is 6.92 Å². The highest BCUT2D eigenvalue weighted by molar-refractivity contribution is 7.90. The van der Waals surface area contributed by atoms with E-state index in [0.29, 0.717) is 23.1 Å². The quantitative estimate of drug-likeness (QED) is 0.875. The van der Waals surface area contributed by atoms with Crippen molar-refractivity contribution in [2.24, 2.45) is 0 Å². The maximum absolute atomic E-state index is 11.2. The lowest BCUT2D eigenvalue weighted by atomic mass is 10.2. The van der Waals surface area contributed by atoms with Crippen molar-refractivity contribution in [3.8, 4) is 5.75 Å². The van der Waals surface area contributed by atoms with Crippen LogP contribution in [0.4, 0.5) is 5.69 Å². The molecule has 1 unspecified atom stereocenters. The Hall–Kier alpha value is -0.940. The van der Waals surface area contributed by atoms with Crippen molar-refractivity contribution >= 4 is 27.1 Å². The molecule has 0 saturated carbocycles. The Labute approximate surface area is 113 Å². The highest BCUT2D eigenvalue weighted by atomic mass is 35.5. The molecule has 0 saturated heterocycles. The molecular formula is C12H18ClNO3S. The molecule has 4 nitrogen and oxygen atoms in total. The topological polar surface area (TPSA) is 55.4 Å². The molecule has 0 spiro atoms. The van der Waals surface area contributed by atoms with Crippen molar-refractivity contribution in [3.63, 3.8) is 0 Å². The Morgan fingerprint density at radius 2 is 2.11 bits per heavy atom. The molecule has 1 N–H and O–H groups in total. The number of anilines is 1. The van der Waals surface area contributed by atoms with E-state index >= 15 is 0 Å². The van der Waals surface area contributed by atoms with Gasteiger partial charge in [0.1, 0.15) is 15.6 Å². The Morgan fingerprint density at radius 3 is 2.67 bits per heavy atom. The van der Waals surface area contributed by atoms with Gasteiger partial charge in [-0.2, -0.15) is 0 Å². The fraction of sp³-hybridized carbons (Fsp3) is 0.500. The van der Waals surface area contributed by atoms with Crippen molar-refractivity contribution in [1.29, 1.82) is 0 Å². The number of hydrogen-bond acceptors (Lipinski definition) is 4. The predicted octanol–water partition coefficient (Wildman–Crippen LogP) is 2.58. The molecule has 1 aromatic rings. The first-order valence-electron chi connectivity index (χ1n) is 5.68. The van der Waals surface area contributed by atoms with Gasteiger partial charge in [-0.1, -0.05) is 11.6 Å². The molecule has 0 aliphatic rings. The maximum Gasteiger partial charge on any atom is 0.149 e. The van der Waals surface area contributed by atoms with Gasteiger partial charge in [0.2, 0.25) is 0 Å². The third kappa shape index (κ3) is 5.14. The Bertz CT molecular complexity index is 502. The molecule has 0 heterocycles. The van der Waals surface area contributed by atoms with Gasteiger partial charge >= 0.3 is 0 Å². The number of hydrogen-bond donors (Lipinski definition) is 1. The smallest absolute Gasteiger partial charge is 0.149 e. The molecule has 0 aromatic heterocycles. The van der Waals surface area contributed by atoms with Crippen molar-refractivity contribution in [3.05, 3.63) is 23.2 Å². The van der Waals surface area contributed by atoms with Gasteiger partial charge in [-0.05, 0) is 32.0 Å². The Morgan fingerprint density at radius 1 is 1.44 bits per heavy atom. The summed E-state index contributed by atoms with van der Waals surface area (Å²) in [7, 11) is -3.02. The number of nitrogens with one attached hydrogen (secondary N) is 1. The van der Waals surface area contributed by atoms with E-state index in [1.54, 1.807) is 25.1 Å². The third-order valence-electron chi connectivity index (χ3n) is 2.20. The van der Waals surface area contributed by atoms with E-state index in [4.69, 9.17) is 16.3 Å². The molecule has 1 aromatic carbocycles. The minimum absolute atomic E-state index is 0.0606. The minimum atomic E-state index is -3.02. The summed E-state index contributed by atoms with van der Waals surface area (Å²) in [5, 5.41) is 3.68. The van der Waals surface area contributed by atoms with Crippen LogP contribution in [0.3, 0.4) is 0 Å². The van der Waals surface area contributed by atoms with Crippen LogP contribution >= 0.6 is 11.6 Å².